The summed E-state index contributed by atoms with van der Waals surface area (Å²) < 4.78 is 0. The van der Waals surface area contributed by atoms with E-state index in [-0.39, 0.29) is 18.3 Å². The fourth-order valence-corrected chi connectivity index (χ4v) is 2.44. The summed E-state index contributed by atoms with van der Waals surface area (Å²) in [7, 11) is 0. The normalized spacial score (nSPS) is 18.2. The van der Waals surface area contributed by atoms with Crippen molar-refractivity contribution in [3.8, 4) is 0 Å². The number of nitrogens with one attached hydrogen (secondary N) is 2. The van der Waals surface area contributed by atoms with E-state index in [0.717, 1.165) is 19.3 Å². The van der Waals surface area contributed by atoms with Crippen molar-refractivity contribution in [3.63, 3.8) is 0 Å². The maximum atomic E-state index is 11.8. The summed E-state index contributed by atoms with van der Waals surface area (Å²) in [5, 5.41) is 18.0. The second-order valence-electron chi connectivity index (χ2n) is 4.71. The van der Waals surface area contributed by atoms with Crippen LogP contribution in [-0.4, -0.2) is 32.2 Å². The number of rotatable bonds is 4. The number of carboxylic acids is 1. The van der Waals surface area contributed by atoms with Crippen molar-refractivity contribution in [2.24, 2.45) is 5.41 Å². The Bertz CT molecular complexity index is 424. The number of carboxylic acid groups (broad SMARTS) is 1. The summed E-state index contributed by atoms with van der Waals surface area (Å²) in [6.45, 7) is 0. The van der Waals surface area contributed by atoms with Gasteiger partial charge < -0.3 is 5.11 Å². The van der Waals surface area contributed by atoms with E-state index in [1.807, 2.05) is 0 Å². The molecule has 1 amide bonds. The van der Waals surface area contributed by atoms with Gasteiger partial charge in [0.25, 0.3) is 0 Å². The molecule has 1 fully saturated rings. The Morgan fingerprint density at radius 1 is 1.39 bits per heavy atom. The summed E-state index contributed by atoms with van der Waals surface area (Å²) in [6.07, 6.45) is 5.16. The van der Waals surface area contributed by atoms with Crippen LogP contribution in [0.4, 0.5) is 5.95 Å². The van der Waals surface area contributed by atoms with Crippen LogP contribution in [-0.2, 0) is 9.59 Å². The van der Waals surface area contributed by atoms with E-state index in [2.05, 4.69) is 20.5 Å². The molecule has 1 heterocycles. The van der Waals surface area contributed by atoms with Crippen molar-refractivity contribution in [2.75, 3.05) is 5.32 Å². The van der Waals surface area contributed by atoms with Gasteiger partial charge in [0.05, 0.1) is 5.41 Å². The SMILES string of the molecule is O=C(CC1(C(=O)O)CCCCC1)Nc1ncn[nH]1. The van der Waals surface area contributed by atoms with Crippen molar-refractivity contribution in [2.45, 2.75) is 38.5 Å². The Morgan fingerprint density at radius 2 is 2.11 bits per heavy atom. The summed E-state index contributed by atoms with van der Waals surface area (Å²) in [4.78, 5) is 27.0. The fraction of sp³-hybridized carbons (Fsp3) is 0.636. The highest BCUT2D eigenvalue weighted by Gasteiger charge is 2.41. The number of nitrogens with zero attached hydrogens (tertiary/aromatic N) is 2. The van der Waals surface area contributed by atoms with E-state index in [4.69, 9.17) is 0 Å². The molecule has 1 saturated carbocycles. The topological polar surface area (TPSA) is 108 Å². The number of hydrogen-bond donors (Lipinski definition) is 3. The molecular formula is C11H16N4O3. The van der Waals surface area contributed by atoms with Crippen LogP contribution in [0.1, 0.15) is 38.5 Å². The monoisotopic (exact) mass is 252 g/mol. The van der Waals surface area contributed by atoms with Gasteiger partial charge in [-0.2, -0.15) is 10.1 Å². The van der Waals surface area contributed by atoms with Gasteiger partial charge in [-0.25, -0.2) is 5.10 Å². The minimum absolute atomic E-state index is 0.0109. The molecule has 1 aromatic rings. The van der Waals surface area contributed by atoms with Crippen LogP contribution >= 0.6 is 0 Å². The molecule has 0 saturated heterocycles. The molecule has 2 rings (SSSR count). The van der Waals surface area contributed by atoms with E-state index in [1.165, 1.54) is 6.33 Å². The minimum atomic E-state index is -0.914. The highest BCUT2D eigenvalue weighted by molar-refractivity contribution is 5.93. The zero-order chi connectivity index (χ0) is 13.0. The van der Waals surface area contributed by atoms with Crippen LogP contribution in [0.2, 0.25) is 0 Å². The van der Waals surface area contributed by atoms with Crippen molar-refractivity contribution in [1.82, 2.24) is 15.2 Å². The number of H-pyrrole nitrogens is 1. The third-order valence-corrected chi connectivity index (χ3v) is 3.44. The second-order valence-corrected chi connectivity index (χ2v) is 4.71. The lowest BCUT2D eigenvalue weighted by Crippen LogP contribution is -2.37. The van der Waals surface area contributed by atoms with Crippen molar-refractivity contribution in [1.29, 1.82) is 0 Å². The third-order valence-electron chi connectivity index (χ3n) is 3.44. The second kappa shape index (κ2) is 5.16. The van der Waals surface area contributed by atoms with E-state index < -0.39 is 11.4 Å². The molecule has 7 nitrogen and oxygen atoms in total. The Hall–Kier alpha value is -1.92. The zero-order valence-electron chi connectivity index (χ0n) is 9.98. The Balaban J connectivity index is 2.00. The minimum Gasteiger partial charge on any atom is -0.481 e. The molecule has 0 aromatic carbocycles. The number of hydrogen-bond acceptors (Lipinski definition) is 4. The number of carbonyl (C=O) groups excluding carboxylic acids is 1. The van der Waals surface area contributed by atoms with E-state index >= 15 is 0 Å². The van der Waals surface area contributed by atoms with Gasteiger partial charge in [0.2, 0.25) is 11.9 Å². The molecule has 0 unspecified atom stereocenters. The molecule has 1 aliphatic carbocycles. The summed E-state index contributed by atoms with van der Waals surface area (Å²) in [5.41, 5.74) is -0.914. The van der Waals surface area contributed by atoms with Gasteiger partial charge >= 0.3 is 5.97 Å². The van der Waals surface area contributed by atoms with E-state index in [0.29, 0.717) is 12.8 Å². The van der Waals surface area contributed by atoms with Crippen molar-refractivity contribution in [3.05, 3.63) is 6.33 Å². The summed E-state index contributed by atoms with van der Waals surface area (Å²) >= 11 is 0. The maximum Gasteiger partial charge on any atom is 0.310 e. The van der Waals surface area contributed by atoms with Crippen LogP contribution < -0.4 is 5.32 Å². The quantitative estimate of drug-likeness (QED) is 0.745. The fourth-order valence-electron chi connectivity index (χ4n) is 2.44. The maximum absolute atomic E-state index is 11.8. The Morgan fingerprint density at radius 3 is 2.67 bits per heavy atom. The summed E-state index contributed by atoms with van der Waals surface area (Å²) in [6, 6.07) is 0. The molecule has 0 aliphatic heterocycles. The molecule has 0 spiro atoms. The Labute approximate surface area is 104 Å². The number of anilines is 1. The van der Waals surface area contributed by atoms with Crippen LogP contribution in [0.25, 0.3) is 0 Å². The molecule has 3 N–H and O–H groups in total. The smallest absolute Gasteiger partial charge is 0.310 e. The Kier molecular flexibility index (Phi) is 3.59. The van der Waals surface area contributed by atoms with Gasteiger partial charge in [0, 0.05) is 6.42 Å². The lowest BCUT2D eigenvalue weighted by Gasteiger charge is -2.32. The first-order valence-corrected chi connectivity index (χ1v) is 6.01. The first kappa shape index (κ1) is 12.5. The number of amides is 1. The average Bonchev–Trinajstić information content (AvgIpc) is 2.82. The van der Waals surface area contributed by atoms with Gasteiger partial charge in [-0.3, -0.25) is 14.9 Å². The number of aromatic amines is 1. The van der Waals surface area contributed by atoms with Crippen LogP contribution in [0.5, 0.6) is 0 Å². The van der Waals surface area contributed by atoms with Gasteiger partial charge in [-0.15, -0.1) is 0 Å². The molecule has 0 radical (unpaired) electrons. The standard InChI is InChI=1S/C11H16N4O3/c16-8(14-10-12-7-13-15-10)6-11(9(17)18)4-2-1-3-5-11/h7H,1-6H2,(H,17,18)(H2,12,13,14,15,16). The van der Waals surface area contributed by atoms with Crippen molar-refractivity contribution >= 4 is 17.8 Å². The highest BCUT2D eigenvalue weighted by atomic mass is 16.4. The predicted molar refractivity (Wildman–Crippen MR) is 62.8 cm³/mol. The van der Waals surface area contributed by atoms with Crippen LogP contribution in [0, 0.1) is 5.41 Å². The summed E-state index contributed by atoms with van der Waals surface area (Å²) in [5.74, 6) is -0.970. The van der Waals surface area contributed by atoms with E-state index in [9.17, 15) is 14.7 Å². The molecule has 7 heteroatoms. The van der Waals surface area contributed by atoms with Gasteiger partial charge in [-0.05, 0) is 12.8 Å². The molecule has 1 aliphatic rings. The first-order valence-electron chi connectivity index (χ1n) is 6.01. The first-order chi connectivity index (χ1) is 8.62. The molecular weight excluding hydrogens is 236 g/mol. The molecule has 0 bridgehead atoms. The average molecular weight is 252 g/mol. The lowest BCUT2D eigenvalue weighted by molar-refractivity contribution is -0.153. The number of aromatic nitrogens is 3. The van der Waals surface area contributed by atoms with Crippen molar-refractivity contribution < 1.29 is 14.7 Å². The van der Waals surface area contributed by atoms with Crippen LogP contribution in [0.15, 0.2) is 6.33 Å². The largest absolute Gasteiger partial charge is 0.481 e. The van der Waals surface area contributed by atoms with Gasteiger partial charge in [0.15, 0.2) is 0 Å². The van der Waals surface area contributed by atoms with Gasteiger partial charge in [-0.1, -0.05) is 19.3 Å². The molecule has 18 heavy (non-hydrogen) atoms. The molecule has 0 atom stereocenters. The predicted octanol–water partition coefficient (Wildman–Crippen LogP) is 1.17. The van der Waals surface area contributed by atoms with Gasteiger partial charge in [0.1, 0.15) is 6.33 Å². The molecule has 1 aromatic heterocycles. The lowest BCUT2D eigenvalue weighted by atomic mass is 9.71. The highest BCUT2D eigenvalue weighted by Crippen LogP contribution is 2.39. The van der Waals surface area contributed by atoms with Crippen LogP contribution in [0.3, 0.4) is 0 Å². The third kappa shape index (κ3) is 2.66. The molecule has 98 valence electrons. The number of aliphatic carboxylic acids is 1. The zero-order valence-corrected chi connectivity index (χ0v) is 9.98. The van der Waals surface area contributed by atoms with E-state index in [1.54, 1.807) is 0 Å². The number of carbonyl (C=O) groups is 2.